The molecule has 0 aliphatic carbocycles. The minimum absolute atomic E-state index is 0.0611. The van der Waals surface area contributed by atoms with E-state index >= 15 is 0 Å². The fourth-order valence-corrected chi connectivity index (χ4v) is 4.26. The first kappa shape index (κ1) is 19.8. The van der Waals surface area contributed by atoms with Gasteiger partial charge in [0.05, 0.1) is 0 Å². The van der Waals surface area contributed by atoms with Crippen LogP contribution in [0.2, 0.25) is 0 Å². The van der Waals surface area contributed by atoms with Crippen molar-refractivity contribution in [2.45, 2.75) is 44.7 Å². The molecular weight excluding hydrogens is 362 g/mol. The molecule has 1 aromatic rings. The fraction of sp³-hybridized carbons (Fsp3) is 0.632. The van der Waals surface area contributed by atoms with Crippen LogP contribution in [0.15, 0.2) is 21.8 Å². The summed E-state index contributed by atoms with van der Waals surface area (Å²) in [6, 6.07) is 2.59. The molecule has 3 heterocycles. The van der Waals surface area contributed by atoms with Gasteiger partial charge in [-0.05, 0) is 41.7 Å². The summed E-state index contributed by atoms with van der Waals surface area (Å²) in [6.07, 6.45) is 3.78. The number of nitrogens with zero attached hydrogens (tertiary/aromatic N) is 3. The molecule has 0 unspecified atom stereocenters. The molecule has 0 radical (unpaired) electrons. The first-order valence-electron chi connectivity index (χ1n) is 9.69. The molecule has 2 fully saturated rings. The van der Waals surface area contributed by atoms with Crippen LogP contribution in [0.5, 0.6) is 0 Å². The van der Waals surface area contributed by atoms with E-state index in [1.54, 1.807) is 18.4 Å². The van der Waals surface area contributed by atoms with Gasteiger partial charge >= 0.3 is 0 Å². The Morgan fingerprint density at radius 2 is 2.00 bits per heavy atom. The Balaban J connectivity index is 1.36. The molecule has 148 valence electrons. The van der Waals surface area contributed by atoms with E-state index in [0.29, 0.717) is 38.4 Å². The summed E-state index contributed by atoms with van der Waals surface area (Å²) >= 11 is 1.75. The van der Waals surface area contributed by atoms with Crippen molar-refractivity contribution in [2.75, 3.05) is 33.2 Å². The monoisotopic (exact) mass is 391 g/mol. The second kappa shape index (κ2) is 9.85. The third-order valence-corrected chi connectivity index (χ3v) is 5.88. The van der Waals surface area contributed by atoms with Gasteiger partial charge in [-0.1, -0.05) is 0 Å². The predicted molar refractivity (Wildman–Crippen MR) is 108 cm³/mol. The average Bonchev–Trinajstić information content (AvgIpc) is 3.17. The highest BCUT2D eigenvalue weighted by atomic mass is 32.1. The number of guanidine groups is 1. The SMILES string of the molecule is CN=C(NCCN1C(=O)CCCC1=O)NC1CCN(Cc2ccsc2)CC1. The van der Waals surface area contributed by atoms with Gasteiger partial charge in [-0.3, -0.25) is 24.4 Å². The molecule has 0 spiro atoms. The van der Waals surface area contributed by atoms with Gasteiger partial charge in [0.1, 0.15) is 0 Å². The molecule has 8 heteroatoms. The Bertz CT molecular complexity index is 637. The molecule has 3 rings (SSSR count). The number of hydrogen-bond donors (Lipinski definition) is 2. The minimum Gasteiger partial charge on any atom is -0.355 e. The molecular formula is C19H29N5O2S. The van der Waals surface area contributed by atoms with Crippen LogP contribution in [0.1, 0.15) is 37.7 Å². The van der Waals surface area contributed by atoms with Gasteiger partial charge < -0.3 is 10.6 Å². The molecule has 0 saturated carbocycles. The third kappa shape index (κ3) is 5.77. The molecule has 2 aliphatic rings. The number of carbonyl (C=O) groups is 2. The summed E-state index contributed by atoms with van der Waals surface area (Å²) in [7, 11) is 1.75. The molecule has 0 aromatic carbocycles. The highest BCUT2D eigenvalue weighted by Crippen LogP contribution is 2.15. The largest absolute Gasteiger partial charge is 0.355 e. The third-order valence-electron chi connectivity index (χ3n) is 5.15. The summed E-state index contributed by atoms with van der Waals surface area (Å²) in [5, 5.41) is 11.0. The van der Waals surface area contributed by atoms with Crippen molar-refractivity contribution in [1.29, 1.82) is 0 Å². The van der Waals surface area contributed by atoms with Gasteiger partial charge in [0.25, 0.3) is 0 Å². The van der Waals surface area contributed by atoms with Crippen molar-refractivity contribution in [3.8, 4) is 0 Å². The number of imide groups is 1. The van der Waals surface area contributed by atoms with E-state index in [1.807, 2.05) is 0 Å². The number of rotatable bonds is 6. The first-order valence-corrected chi connectivity index (χ1v) is 10.6. The molecule has 7 nitrogen and oxygen atoms in total. The van der Waals surface area contributed by atoms with Gasteiger partial charge in [0.15, 0.2) is 5.96 Å². The van der Waals surface area contributed by atoms with Gasteiger partial charge in [-0.15, -0.1) is 0 Å². The number of likely N-dealkylation sites (tertiary alicyclic amines) is 2. The van der Waals surface area contributed by atoms with Crippen LogP contribution in [0, 0.1) is 0 Å². The second-order valence-corrected chi connectivity index (χ2v) is 7.90. The lowest BCUT2D eigenvalue weighted by Crippen LogP contribution is -2.50. The molecule has 2 amide bonds. The highest BCUT2D eigenvalue weighted by Gasteiger charge is 2.25. The molecule has 27 heavy (non-hydrogen) atoms. The maximum atomic E-state index is 11.8. The average molecular weight is 392 g/mol. The van der Waals surface area contributed by atoms with Crippen LogP contribution in [0.3, 0.4) is 0 Å². The Kier molecular flexibility index (Phi) is 7.23. The summed E-state index contributed by atoms with van der Waals surface area (Å²) in [6.45, 7) is 4.09. The molecule has 2 N–H and O–H groups in total. The number of carbonyl (C=O) groups excluding carboxylic acids is 2. The number of amides is 2. The highest BCUT2D eigenvalue weighted by molar-refractivity contribution is 7.07. The van der Waals surface area contributed by atoms with Gasteiger partial charge in [0, 0.05) is 58.7 Å². The maximum Gasteiger partial charge on any atom is 0.229 e. The molecule has 2 aliphatic heterocycles. The molecule has 0 bridgehead atoms. The van der Waals surface area contributed by atoms with E-state index in [1.165, 1.54) is 10.5 Å². The molecule has 2 saturated heterocycles. The van der Waals surface area contributed by atoms with E-state index in [2.05, 4.69) is 37.4 Å². The van der Waals surface area contributed by atoms with Crippen LogP contribution >= 0.6 is 11.3 Å². The van der Waals surface area contributed by atoms with Gasteiger partial charge in [-0.2, -0.15) is 11.3 Å². The van der Waals surface area contributed by atoms with Crippen molar-refractivity contribution >= 4 is 29.1 Å². The minimum atomic E-state index is -0.0611. The van der Waals surface area contributed by atoms with E-state index in [0.717, 1.165) is 38.4 Å². The van der Waals surface area contributed by atoms with E-state index in [-0.39, 0.29) is 11.8 Å². The Hall–Kier alpha value is -1.93. The number of aliphatic imine (C=N–C) groups is 1. The van der Waals surface area contributed by atoms with Crippen LogP contribution in [0.4, 0.5) is 0 Å². The van der Waals surface area contributed by atoms with E-state index < -0.39 is 0 Å². The number of hydrogen-bond acceptors (Lipinski definition) is 5. The number of nitrogens with one attached hydrogen (secondary N) is 2. The van der Waals surface area contributed by atoms with Crippen molar-refractivity contribution in [1.82, 2.24) is 20.4 Å². The van der Waals surface area contributed by atoms with Gasteiger partial charge in [-0.25, -0.2) is 0 Å². The predicted octanol–water partition coefficient (Wildman–Crippen LogP) is 1.42. The Morgan fingerprint density at radius 1 is 1.26 bits per heavy atom. The summed E-state index contributed by atoms with van der Waals surface area (Å²) in [5.41, 5.74) is 1.39. The summed E-state index contributed by atoms with van der Waals surface area (Å²) < 4.78 is 0. The summed E-state index contributed by atoms with van der Waals surface area (Å²) in [4.78, 5) is 31.8. The van der Waals surface area contributed by atoms with Crippen molar-refractivity contribution in [2.24, 2.45) is 4.99 Å². The van der Waals surface area contributed by atoms with Crippen LogP contribution in [0.25, 0.3) is 0 Å². The zero-order valence-electron chi connectivity index (χ0n) is 15.9. The lowest BCUT2D eigenvalue weighted by molar-refractivity contribution is -0.147. The standard InChI is InChI=1S/C19H29N5O2S/c1-20-19(21-8-11-24-17(25)3-2-4-18(24)26)22-16-5-9-23(10-6-16)13-15-7-12-27-14-15/h7,12,14,16H,2-6,8-11,13H2,1H3,(H2,20,21,22). The Labute approximate surface area is 164 Å². The normalized spacial score (nSPS) is 20.2. The maximum absolute atomic E-state index is 11.8. The van der Waals surface area contributed by atoms with E-state index in [4.69, 9.17) is 0 Å². The van der Waals surface area contributed by atoms with Crippen LogP contribution in [-0.2, 0) is 16.1 Å². The molecule has 1 aromatic heterocycles. The summed E-state index contributed by atoms with van der Waals surface area (Å²) in [5.74, 6) is 0.617. The first-order chi connectivity index (χ1) is 13.2. The van der Waals surface area contributed by atoms with Crippen molar-refractivity contribution in [3.63, 3.8) is 0 Å². The van der Waals surface area contributed by atoms with Gasteiger partial charge in [0.2, 0.25) is 11.8 Å². The quantitative estimate of drug-likeness (QED) is 0.436. The molecule has 0 atom stereocenters. The zero-order valence-corrected chi connectivity index (χ0v) is 16.8. The Morgan fingerprint density at radius 3 is 2.63 bits per heavy atom. The topological polar surface area (TPSA) is 77.0 Å². The number of thiophene rings is 1. The fourth-order valence-electron chi connectivity index (χ4n) is 3.60. The lowest BCUT2D eigenvalue weighted by Gasteiger charge is -2.33. The lowest BCUT2D eigenvalue weighted by atomic mass is 10.0. The zero-order chi connectivity index (χ0) is 19.1. The van der Waals surface area contributed by atoms with Crippen LogP contribution in [-0.4, -0.2) is 66.8 Å². The second-order valence-electron chi connectivity index (χ2n) is 7.12. The number of piperidine rings is 2. The van der Waals surface area contributed by atoms with Crippen molar-refractivity contribution in [3.05, 3.63) is 22.4 Å². The van der Waals surface area contributed by atoms with E-state index in [9.17, 15) is 9.59 Å². The van der Waals surface area contributed by atoms with Crippen LogP contribution < -0.4 is 10.6 Å². The van der Waals surface area contributed by atoms with Crippen molar-refractivity contribution < 1.29 is 9.59 Å². The smallest absolute Gasteiger partial charge is 0.229 e.